The molecule has 10 nitrogen and oxygen atoms in total. The summed E-state index contributed by atoms with van der Waals surface area (Å²) in [5.74, 6) is -0.944. The molecule has 50 heavy (non-hydrogen) atoms. The van der Waals surface area contributed by atoms with Gasteiger partial charge in [-0.25, -0.2) is 4.57 Å². The first-order valence-corrected chi connectivity index (χ1v) is 20.9. The fourth-order valence-electron chi connectivity index (χ4n) is 5.07. The second-order valence-corrected chi connectivity index (χ2v) is 14.4. The minimum Gasteiger partial charge on any atom is -0.462 e. The van der Waals surface area contributed by atoms with Crippen LogP contribution in [0.4, 0.5) is 0 Å². The maximum absolute atomic E-state index is 12.5. The Bertz CT molecular complexity index is 936. The van der Waals surface area contributed by atoms with E-state index in [4.69, 9.17) is 19.1 Å². The molecule has 0 aromatic carbocycles. The number of aliphatic hydroxyl groups is 2. The molecule has 3 atom stereocenters. The second kappa shape index (κ2) is 35.6. The molecule has 292 valence electrons. The summed E-state index contributed by atoms with van der Waals surface area (Å²) in [5, 5.41) is 18.3. The molecule has 0 aromatic rings. The van der Waals surface area contributed by atoms with Crippen molar-refractivity contribution in [2.24, 2.45) is 0 Å². The minimum atomic E-state index is -4.61. The van der Waals surface area contributed by atoms with Gasteiger partial charge in [0.1, 0.15) is 12.7 Å². The van der Waals surface area contributed by atoms with Crippen molar-refractivity contribution < 1.29 is 47.8 Å². The molecule has 11 heteroatoms. The van der Waals surface area contributed by atoms with Crippen LogP contribution < -0.4 is 0 Å². The highest BCUT2D eigenvalue weighted by Gasteiger charge is 2.27. The Morgan fingerprint density at radius 3 is 1.66 bits per heavy atom. The predicted molar refractivity (Wildman–Crippen MR) is 201 cm³/mol. The molecule has 0 radical (unpaired) electrons. The van der Waals surface area contributed by atoms with Crippen LogP contribution in [0.25, 0.3) is 0 Å². The number of hydrogen-bond acceptors (Lipinski definition) is 9. The Labute approximate surface area is 303 Å². The number of ether oxygens (including phenoxy) is 2. The summed E-state index contributed by atoms with van der Waals surface area (Å²) in [6.07, 6.45) is 34.0. The summed E-state index contributed by atoms with van der Waals surface area (Å²) in [6.45, 7) is 2.23. The van der Waals surface area contributed by atoms with E-state index in [1.807, 2.05) is 0 Å². The van der Waals surface area contributed by atoms with Crippen molar-refractivity contribution in [2.45, 2.75) is 174 Å². The normalized spacial score (nSPS) is 14.4. The molecule has 0 aliphatic rings. The lowest BCUT2D eigenvalue weighted by Crippen LogP contribution is -2.29. The summed E-state index contributed by atoms with van der Waals surface area (Å²) in [4.78, 5) is 34.8. The third-order valence-corrected chi connectivity index (χ3v) is 9.01. The standard InChI is InChI=1S/C39H71O10P/c1-3-5-7-9-11-13-15-17-18-19-21-23-25-27-29-31-39(43)49-37(35-48-50(44,45)47-33-36(41)32-40)34-46-38(42)30-28-26-24-22-20-16-14-12-10-8-6-4-2/h5,7,11,13,17-18,36-37,40-41H,3-4,6,8-10,12,14-16,19-35H2,1-2H3,(H,44,45)/b7-5-,13-11-,18-17-. The Kier molecular flexibility index (Phi) is 34.3. The van der Waals surface area contributed by atoms with Gasteiger partial charge in [-0.3, -0.25) is 18.6 Å². The average molecular weight is 731 g/mol. The molecule has 0 bridgehead atoms. The first kappa shape index (κ1) is 48.2. The predicted octanol–water partition coefficient (Wildman–Crippen LogP) is 9.61. The summed E-state index contributed by atoms with van der Waals surface area (Å²) < 4.78 is 32.6. The van der Waals surface area contributed by atoms with Crippen LogP contribution >= 0.6 is 7.82 Å². The first-order chi connectivity index (χ1) is 24.2. The number of esters is 2. The lowest BCUT2D eigenvalue weighted by atomic mass is 10.0. The van der Waals surface area contributed by atoms with E-state index in [0.29, 0.717) is 12.8 Å². The molecule has 0 spiro atoms. The number of hydrogen-bond donors (Lipinski definition) is 3. The number of carbonyl (C=O) groups is 2. The molecule has 0 fully saturated rings. The van der Waals surface area contributed by atoms with E-state index in [9.17, 15) is 24.2 Å². The van der Waals surface area contributed by atoms with Crippen LogP contribution in [-0.4, -0.2) is 65.7 Å². The van der Waals surface area contributed by atoms with E-state index >= 15 is 0 Å². The van der Waals surface area contributed by atoms with Crippen LogP contribution in [-0.2, 0) is 32.7 Å². The van der Waals surface area contributed by atoms with Gasteiger partial charge < -0.3 is 24.6 Å². The third-order valence-electron chi connectivity index (χ3n) is 8.06. The van der Waals surface area contributed by atoms with Gasteiger partial charge in [0.15, 0.2) is 6.10 Å². The van der Waals surface area contributed by atoms with Crippen molar-refractivity contribution in [2.75, 3.05) is 26.4 Å². The van der Waals surface area contributed by atoms with E-state index in [2.05, 4.69) is 54.8 Å². The molecule has 3 unspecified atom stereocenters. The van der Waals surface area contributed by atoms with Gasteiger partial charge in [-0.1, -0.05) is 140 Å². The van der Waals surface area contributed by atoms with Crippen molar-refractivity contribution in [3.05, 3.63) is 36.5 Å². The number of aliphatic hydroxyl groups excluding tert-OH is 2. The minimum absolute atomic E-state index is 0.166. The molecular weight excluding hydrogens is 659 g/mol. The molecule has 0 saturated heterocycles. The zero-order chi connectivity index (χ0) is 37.0. The van der Waals surface area contributed by atoms with E-state index in [0.717, 1.165) is 70.6 Å². The maximum Gasteiger partial charge on any atom is 0.472 e. The molecule has 0 aromatic heterocycles. The fraction of sp³-hybridized carbons (Fsp3) is 0.795. The highest BCUT2D eigenvalue weighted by Crippen LogP contribution is 2.43. The fourth-order valence-corrected chi connectivity index (χ4v) is 5.85. The number of phosphoric acid groups is 1. The molecule has 3 N–H and O–H groups in total. The lowest BCUT2D eigenvalue weighted by Gasteiger charge is -2.20. The van der Waals surface area contributed by atoms with Crippen molar-refractivity contribution in [1.29, 1.82) is 0 Å². The van der Waals surface area contributed by atoms with Crippen LogP contribution in [0.15, 0.2) is 36.5 Å². The van der Waals surface area contributed by atoms with Gasteiger partial charge in [0.25, 0.3) is 0 Å². The number of rotatable bonds is 36. The molecule has 0 rings (SSSR count). The van der Waals surface area contributed by atoms with E-state index in [1.165, 1.54) is 51.4 Å². The Hall–Kier alpha value is -1.81. The van der Waals surface area contributed by atoms with Gasteiger partial charge in [0.2, 0.25) is 0 Å². The highest BCUT2D eigenvalue weighted by atomic mass is 31.2. The molecular formula is C39H71O10P. The zero-order valence-corrected chi connectivity index (χ0v) is 32.3. The molecule has 0 saturated carbocycles. The van der Waals surface area contributed by atoms with Crippen LogP contribution in [0.5, 0.6) is 0 Å². The number of allylic oxidation sites excluding steroid dienone is 6. The maximum atomic E-state index is 12.5. The molecule has 0 aliphatic carbocycles. The Balaban J connectivity index is 4.39. The Morgan fingerprint density at radius 1 is 0.620 bits per heavy atom. The molecule has 0 aliphatic heterocycles. The van der Waals surface area contributed by atoms with Crippen LogP contribution in [0, 0.1) is 0 Å². The van der Waals surface area contributed by atoms with Gasteiger partial charge in [-0.05, 0) is 44.9 Å². The molecule has 0 amide bonds. The van der Waals surface area contributed by atoms with Gasteiger partial charge >= 0.3 is 19.8 Å². The topological polar surface area (TPSA) is 149 Å². The molecule has 0 heterocycles. The number of phosphoric ester groups is 1. The quantitative estimate of drug-likeness (QED) is 0.0246. The summed E-state index contributed by atoms with van der Waals surface area (Å²) in [7, 11) is -4.61. The van der Waals surface area contributed by atoms with Crippen molar-refractivity contribution in [3.63, 3.8) is 0 Å². The van der Waals surface area contributed by atoms with E-state index < -0.39 is 51.8 Å². The smallest absolute Gasteiger partial charge is 0.462 e. The van der Waals surface area contributed by atoms with Gasteiger partial charge in [0.05, 0.1) is 19.8 Å². The van der Waals surface area contributed by atoms with E-state index in [1.54, 1.807) is 0 Å². The number of unbranched alkanes of at least 4 members (excludes halogenated alkanes) is 16. The van der Waals surface area contributed by atoms with Gasteiger partial charge in [-0.15, -0.1) is 0 Å². The number of carbonyl (C=O) groups excluding carboxylic acids is 2. The second-order valence-electron chi connectivity index (χ2n) is 12.9. The van der Waals surface area contributed by atoms with Crippen molar-refractivity contribution >= 4 is 19.8 Å². The Morgan fingerprint density at radius 2 is 1.10 bits per heavy atom. The van der Waals surface area contributed by atoms with Gasteiger partial charge in [-0.2, -0.15) is 0 Å². The summed E-state index contributed by atoms with van der Waals surface area (Å²) in [6, 6.07) is 0. The van der Waals surface area contributed by atoms with Crippen molar-refractivity contribution in [3.8, 4) is 0 Å². The van der Waals surface area contributed by atoms with Crippen LogP contribution in [0.1, 0.15) is 162 Å². The summed E-state index contributed by atoms with van der Waals surface area (Å²) >= 11 is 0. The first-order valence-electron chi connectivity index (χ1n) is 19.4. The van der Waals surface area contributed by atoms with Crippen LogP contribution in [0.2, 0.25) is 0 Å². The summed E-state index contributed by atoms with van der Waals surface area (Å²) in [5.41, 5.74) is 0. The third kappa shape index (κ3) is 34.6. The SMILES string of the molecule is CC/C=C\C/C=C\C/C=C\CCCCCCCC(=O)OC(COC(=O)CCCCCCCCCCCCCC)COP(=O)(O)OCC(O)CO. The highest BCUT2D eigenvalue weighted by molar-refractivity contribution is 7.47. The van der Waals surface area contributed by atoms with Gasteiger partial charge in [0, 0.05) is 12.8 Å². The van der Waals surface area contributed by atoms with Crippen molar-refractivity contribution in [1.82, 2.24) is 0 Å². The zero-order valence-electron chi connectivity index (χ0n) is 31.4. The monoisotopic (exact) mass is 730 g/mol. The lowest BCUT2D eigenvalue weighted by molar-refractivity contribution is -0.161. The largest absolute Gasteiger partial charge is 0.472 e. The van der Waals surface area contributed by atoms with E-state index in [-0.39, 0.29) is 19.4 Å². The average Bonchev–Trinajstić information content (AvgIpc) is 3.10. The van der Waals surface area contributed by atoms with Crippen LogP contribution in [0.3, 0.4) is 0 Å².